The zero-order chi connectivity index (χ0) is 17.6. The molecule has 25 heavy (non-hydrogen) atoms. The molecule has 1 aliphatic heterocycles. The van der Waals surface area contributed by atoms with Crippen LogP contribution in [0.4, 0.5) is 0 Å². The highest BCUT2D eigenvalue weighted by Gasteiger charge is 2.27. The monoisotopic (exact) mass is 339 g/mol. The van der Waals surface area contributed by atoms with E-state index in [1.165, 1.54) is 0 Å². The van der Waals surface area contributed by atoms with Gasteiger partial charge in [-0.3, -0.25) is 14.6 Å². The van der Waals surface area contributed by atoms with Crippen LogP contribution in [0.5, 0.6) is 0 Å². The number of imidazole rings is 1. The molecular formula is C18H21N5O2. The molecule has 2 amide bonds. The van der Waals surface area contributed by atoms with Gasteiger partial charge in [-0.15, -0.1) is 6.58 Å². The van der Waals surface area contributed by atoms with Crippen LogP contribution >= 0.6 is 0 Å². The molecule has 2 N–H and O–H groups in total. The minimum absolute atomic E-state index is 0.266. The summed E-state index contributed by atoms with van der Waals surface area (Å²) in [5.74, 6) is -0.255. The van der Waals surface area contributed by atoms with E-state index in [9.17, 15) is 9.59 Å². The average molecular weight is 339 g/mol. The molecule has 0 saturated carbocycles. The number of nitrogens with one attached hydrogen (secondary N) is 2. The van der Waals surface area contributed by atoms with E-state index in [1.807, 2.05) is 16.7 Å². The molecule has 0 bridgehead atoms. The second kappa shape index (κ2) is 7.74. The van der Waals surface area contributed by atoms with Gasteiger partial charge in [0, 0.05) is 32.0 Å². The summed E-state index contributed by atoms with van der Waals surface area (Å²) in [6.45, 7) is 5.03. The van der Waals surface area contributed by atoms with E-state index in [0.717, 1.165) is 30.5 Å². The molecule has 3 rings (SSSR count). The Kier molecular flexibility index (Phi) is 5.23. The van der Waals surface area contributed by atoms with Gasteiger partial charge < -0.3 is 15.2 Å². The molecule has 0 spiro atoms. The van der Waals surface area contributed by atoms with E-state index in [2.05, 4.69) is 27.2 Å². The summed E-state index contributed by atoms with van der Waals surface area (Å²) in [7, 11) is 0. The highest BCUT2D eigenvalue weighted by atomic mass is 16.2. The summed E-state index contributed by atoms with van der Waals surface area (Å²) in [6, 6.07) is 3.71. The second-order valence-electron chi connectivity index (χ2n) is 5.88. The standard InChI is InChI=1S/C18H21N5O2/c1-2-8-20-18(25)16-22-15(14-7-3-4-10-23(14)16)17(24)21-12-13-6-5-9-19-11-13/h2,5-6,9,11H,1,3-4,7-8,10,12H2,(H,20,25)(H,21,24). The van der Waals surface area contributed by atoms with E-state index in [0.29, 0.717) is 31.2 Å². The Balaban J connectivity index is 1.80. The number of fused-ring (bicyclic) bond motifs is 1. The van der Waals surface area contributed by atoms with Gasteiger partial charge in [0.25, 0.3) is 11.8 Å². The van der Waals surface area contributed by atoms with Crippen molar-refractivity contribution in [3.8, 4) is 0 Å². The molecule has 1 aliphatic rings. The predicted molar refractivity (Wildman–Crippen MR) is 93.1 cm³/mol. The van der Waals surface area contributed by atoms with Crippen molar-refractivity contribution >= 4 is 11.8 Å². The van der Waals surface area contributed by atoms with Crippen LogP contribution in [-0.4, -0.2) is 32.9 Å². The third-order valence-electron chi connectivity index (χ3n) is 4.12. The van der Waals surface area contributed by atoms with Crippen LogP contribution in [0.3, 0.4) is 0 Å². The van der Waals surface area contributed by atoms with Gasteiger partial charge in [0.2, 0.25) is 0 Å². The van der Waals surface area contributed by atoms with Gasteiger partial charge >= 0.3 is 0 Å². The van der Waals surface area contributed by atoms with Crippen LogP contribution in [0.15, 0.2) is 37.2 Å². The summed E-state index contributed by atoms with van der Waals surface area (Å²) >= 11 is 0. The summed E-state index contributed by atoms with van der Waals surface area (Å²) in [5, 5.41) is 5.59. The number of nitrogens with zero attached hydrogens (tertiary/aromatic N) is 3. The normalized spacial score (nSPS) is 13.0. The molecule has 7 nitrogen and oxygen atoms in total. The van der Waals surface area contributed by atoms with Gasteiger partial charge in [0.15, 0.2) is 5.82 Å². The van der Waals surface area contributed by atoms with Crippen molar-refractivity contribution in [2.75, 3.05) is 6.54 Å². The summed E-state index contributed by atoms with van der Waals surface area (Å²) < 4.78 is 1.86. The highest BCUT2D eigenvalue weighted by Crippen LogP contribution is 2.21. The van der Waals surface area contributed by atoms with Crippen LogP contribution < -0.4 is 10.6 Å². The Morgan fingerprint density at radius 3 is 2.92 bits per heavy atom. The van der Waals surface area contributed by atoms with Gasteiger partial charge in [-0.05, 0) is 30.9 Å². The molecule has 0 radical (unpaired) electrons. The van der Waals surface area contributed by atoms with Crippen molar-refractivity contribution in [1.29, 1.82) is 0 Å². The van der Waals surface area contributed by atoms with Crippen molar-refractivity contribution in [2.24, 2.45) is 0 Å². The van der Waals surface area contributed by atoms with E-state index < -0.39 is 0 Å². The van der Waals surface area contributed by atoms with Crippen molar-refractivity contribution in [3.05, 3.63) is 60.0 Å². The minimum Gasteiger partial charge on any atom is -0.347 e. The number of rotatable bonds is 6. The first kappa shape index (κ1) is 16.9. The maximum absolute atomic E-state index is 12.6. The summed E-state index contributed by atoms with van der Waals surface area (Å²) in [5.41, 5.74) is 2.08. The molecule has 0 fully saturated rings. The number of pyridine rings is 1. The van der Waals surface area contributed by atoms with Crippen molar-refractivity contribution < 1.29 is 9.59 Å². The number of carbonyl (C=O) groups excluding carboxylic acids is 2. The van der Waals surface area contributed by atoms with E-state index in [-0.39, 0.29) is 11.8 Å². The number of aromatic nitrogens is 3. The topological polar surface area (TPSA) is 88.9 Å². The lowest BCUT2D eigenvalue weighted by molar-refractivity contribution is 0.0941. The fraction of sp³-hybridized carbons (Fsp3) is 0.333. The number of hydrogen-bond donors (Lipinski definition) is 2. The van der Waals surface area contributed by atoms with E-state index in [1.54, 1.807) is 18.5 Å². The lowest BCUT2D eigenvalue weighted by atomic mass is 10.1. The van der Waals surface area contributed by atoms with Crippen molar-refractivity contribution in [1.82, 2.24) is 25.2 Å². The van der Waals surface area contributed by atoms with Crippen molar-refractivity contribution in [2.45, 2.75) is 32.4 Å². The minimum atomic E-state index is -0.283. The SMILES string of the molecule is C=CCNC(=O)c1nc(C(=O)NCc2cccnc2)c2n1CCCC2. The summed E-state index contributed by atoms with van der Waals surface area (Å²) in [4.78, 5) is 33.3. The van der Waals surface area contributed by atoms with Crippen LogP contribution in [0, 0.1) is 0 Å². The van der Waals surface area contributed by atoms with Crippen molar-refractivity contribution in [3.63, 3.8) is 0 Å². The predicted octanol–water partition coefficient (Wildman–Crippen LogP) is 1.46. The van der Waals surface area contributed by atoms with Crippen LogP contribution in [0.1, 0.15) is 45.2 Å². The summed E-state index contributed by atoms with van der Waals surface area (Å²) in [6.07, 6.45) is 7.71. The van der Waals surface area contributed by atoms with Gasteiger partial charge in [0.05, 0.1) is 5.69 Å². The van der Waals surface area contributed by atoms with Gasteiger partial charge in [-0.25, -0.2) is 4.98 Å². The Hall–Kier alpha value is -2.96. The number of hydrogen-bond acceptors (Lipinski definition) is 4. The highest BCUT2D eigenvalue weighted by molar-refractivity contribution is 5.97. The van der Waals surface area contributed by atoms with E-state index >= 15 is 0 Å². The quantitative estimate of drug-likeness (QED) is 0.780. The smallest absolute Gasteiger partial charge is 0.287 e. The van der Waals surface area contributed by atoms with Crippen LogP contribution in [0.25, 0.3) is 0 Å². The maximum atomic E-state index is 12.6. The average Bonchev–Trinajstić information content (AvgIpc) is 3.05. The van der Waals surface area contributed by atoms with Gasteiger partial charge in [0.1, 0.15) is 5.69 Å². The fourth-order valence-corrected chi connectivity index (χ4v) is 2.91. The molecule has 130 valence electrons. The lowest BCUT2D eigenvalue weighted by Gasteiger charge is -2.17. The molecule has 0 unspecified atom stereocenters. The first-order valence-corrected chi connectivity index (χ1v) is 8.36. The fourth-order valence-electron chi connectivity index (χ4n) is 2.91. The van der Waals surface area contributed by atoms with E-state index in [4.69, 9.17) is 0 Å². The zero-order valence-electron chi connectivity index (χ0n) is 14.0. The van der Waals surface area contributed by atoms with Gasteiger partial charge in [-0.1, -0.05) is 12.1 Å². The third kappa shape index (κ3) is 3.76. The molecule has 0 saturated heterocycles. The molecule has 2 aromatic heterocycles. The van der Waals surface area contributed by atoms with Gasteiger partial charge in [-0.2, -0.15) is 0 Å². The molecule has 0 aliphatic carbocycles. The number of carbonyl (C=O) groups is 2. The molecule has 2 aromatic rings. The molecule has 0 atom stereocenters. The Bertz CT molecular complexity index is 782. The molecular weight excluding hydrogens is 318 g/mol. The first-order valence-electron chi connectivity index (χ1n) is 8.36. The lowest BCUT2D eigenvalue weighted by Crippen LogP contribution is -2.28. The van der Waals surface area contributed by atoms with Crippen LogP contribution in [0.2, 0.25) is 0 Å². The zero-order valence-corrected chi connectivity index (χ0v) is 14.0. The largest absolute Gasteiger partial charge is 0.347 e. The Morgan fingerprint density at radius 2 is 2.16 bits per heavy atom. The third-order valence-corrected chi connectivity index (χ3v) is 4.12. The Labute approximate surface area is 146 Å². The second-order valence-corrected chi connectivity index (χ2v) is 5.88. The number of amides is 2. The maximum Gasteiger partial charge on any atom is 0.287 e. The Morgan fingerprint density at radius 1 is 1.28 bits per heavy atom. The van der Waals surface area contributed by atoms with Crippen LogP contribution in [-0.2, 0) is 19.5 Å². The molecule has 0 aromatic carbocycles. The molecule has 7 heteroatoms. The molecule has 3 heterocycles. The first-order chi connectivity index (χ1) is 12.2.